The summed E-state index contributed by atoms with van der Waals surface area (Å²) in [5, 5.41) is 0. The van der Waals surface area contributed by atoms with E-state index in [9.17, 15) is 27.4 Å². The second-order valence-electron chi connectivity index (χ2n) is 6.36. The highest BCUT2D eigenvalue weighted by molar-refractivity contribution is 7.47. The first kappa shape index (κ1) is 34.7. The summed E-state index contributed by atoms with van der Waals surface area (Å²) in [7, 11) is -36.1. The van der Waals surface area contributed by atoms with Gasteiger partial charge in [0.25, 0.3) is 0 Å². The molecule has 12 N–H and O–H groups in total. The van der Waals surface area contributed by atoms with Crippen LogP contribution in [0.4, 0.5) is 0 Å². The Bertz CT molecular complexity index is 818. The van der Waals surface area contributed by atoms with E-state index in [-0.39, 0.29) is 0 Å². The summed E-state index contributed by atoms with van der Waals surface area (Å²) in [6, 6.07) is 0. The molecule has 0 aromatic heterocycles. The molecule has 24 nitrogen and oxygen atoms in total. The normalized spacial score (nSPS) is 29.3. The van der Waals surface area contributed by atoms with Gasteiger partial charge in [0.1, 0.15) is 36.6 Å². The largest absolute Gasteiger partial charge is 0.470 e. The molecule has 0 heterocycles. The van der Waals surface area contributed by atoms with Crippen molar-refractivity contribution in [2.24, 2.45) is 0 Å². The monoisotopic (exact) mass is 660 g/mol. The van der Waals surface area contributed by atoms with Crippen molar-refractivity contribution in [3.05, 3.63) is 0 Å². The van der Waals surface area contributed by atoms with E-state index in [4.69, 9.17) is 58.7 Å². The Kier molecular flexibility index (Phi) is 11.2. The minimum atomic E-state index is -6.02. The zero-order valence-corrected chi connectivity index (χ0v) is 21.8. The zero-order valence-electron chi connectivity index (χ0n) is 16.4. The molecule has 0 unspecified atom stereocenters. The molecule has 0 aromatic rings. The Labute approximate surface area is 197 Å². The highest BCUT2D eigenvalue weighted by Crippen LogP contribution is 2.57. The van der Waals surface area contributed by atoms with Gasteiger partial charge in [-0.3, -0.25) is 27.1 Å². The van der Waals surface area contributed by atoms with Gasteiger partial charge in [0, 0.05) is 0 Å². The van der Waals surface area contributed by atoms with Crippen molar-refractivity contribution in [2.75, 3.05) is 0 Å². The summed E-state index contributed by atoms with van der Waals surface area (Å²) in [6.07, 6.45) is -18.9. The Morgan fingerprint density at radius 3 is 0.417 bits per heavy atom. The molecule has 0 aromatic carbocycles. The molecule has 30 heteroatoms. The smallest absolute Gasteiger partial charge is 0.303 e. The second kappa shape index (κ2) is 11.6. The van der Waals surface area contributed by atoms with E-state index in [1.807, 2.05) is 0 Å². The molecule has 1 fully saturated rings. The van der Waals surface area contributed by atoms with Crippen molar-refractivity contribution >= 4 is 46.9 Å². The third-order valence-electron chi connectivity index (χ3n) is 3.50. The van der Waals surface area contributed by atoms with Crippen LogP contribution in [0.25, 0.3) is 0 Å². The van der Waals surface area contributed by atoms with E-state index in [1.165, 1.54) is 0 Å². The van der Waals surface area contributed by atoms with Gasteiger partial charge in [-0.1, -0.05) is 0 Å². The van der Waals surface area contributed by atoms with Crippen molar-refractivity contribution in [1.82, 2.24) is 0 Å². The maximum absolute atomic E-state index is 11.4. The van der Waals surface area contributed by atoms with Crippen LogP contribution in [0.3, 0.4) is 0 Å². The summed E-state index contributed by atoms with van der Waals surface area (Å²) in [5.74, 6) is 0. The molecule has 0 spiro atoms. The maximum atomic E-state index is 11.4. The van der Waals surface area contributed by atoms with Crippen molar-refractivity contribution < 1.29 is 113 Å². The molecule has 0 bridgehead atoms. The summed E-state index contributed by atoms with van der Waals surface area (Å²) < 4.78 is 93.1. The third kappa shape index (κ3) is 13.1. The van der Waals surface area contributed by atoms with Crippen LogP contribution in [0.5, 0.6) is 0 Å². The molecule has 0 saturated heterocycles. The van der Waals surface area contributed by atoms with E-state index in [0.29, 0.717) is 0 Å². The molecular formula is C6H18O24P6. The minimum absolute atomic E-state index is 3.14. The molecule has 1 saturated carbocycles. The van der Waals surface area contributed by atoms with Crippen LogP contribution < -0.4 is 0 Å². The summed E-state index contributed by atoms with van der Waals surface area (Å²) >= 11 is 0. The van der Waals surface area contributed by atoms with Crippen LogP contribution in [-0.2, 0) is 54.5 Å². The molecule has 0 amide bonds. The highest BCUT2D eigenvalue weighted by atomic mass is 31.2. The minimum Gasteiger partial charge on any atom is -0.303 e. The Morgan fingerprint density at radius 1 is 0.278 bits per heavy atom. The third-order valence-corrected chi connectivity index (χ3v) is 6.61. The molecule has 1 rings (SSSR count). The second-order valence-corrected chi connectivity index (χ2v) is 13.5. The molecule has 1 aliphatic rings. The van der Waals surface area contributed by atoms with E-state index < -0.39 is 83.6 Å². The SMILES string of the molecule is O=P(O)(O)O[C@H]1[C@H](OP(=O)(O)O)[C@@H](OP(=O)(O)O)[C@H](OP(=O)(O)O)[C@@H](OP(=O)(O)O)[C@@H]1OP(=O)(O)O. The van der Waals surface area contributed by atoms with Gasteiger partial charge in [-0.15, -0.1) is 0 Å². The predicted octanol–water partition coefficient (Wildman–Crippen LogP) is -3.13. The van der Waals surface area contributed by atoms with Crippen molar-refractivity contribution in [2.45, 2.75) is 36.6 Å². The molecule has 36 heavy (non-hydrogen) atoms. The average molecular weight is 660 g/mol. The number of phosphoric ester groups is 6. The lowest BCUT2D eigenvalue weighted by Crippen LogP contribution is -2.66. The van der Waals surface area contributed by atoms with Crippen LogP contribution in [0.2, 0.25) is 0 Å². The van der Waals surface area contributed by atoms with Gasteiger partial charge >= 0.3 is 46.9 Å². The Hall–Kier alpha value is 0.660. The van der Waals surface area contributed by atoms with E-state index in [2.05, 4.69) is 27.1 Å². The number of rotatable bonds is 12. The van der Waals surface area contributed by atoms with E-state index >= 15 is 0 Å². The van der Waals surface area contributed by atoms with E-state index in [0.717, 1.165) is 0 Å². The quantitative estimate of drug-likeness (QED) is 0.0920. The summed E-state index contributed by atoms with van der Waals surface area (Å²) in [5.41, 5.74) is 0. The number of hydrogen-bond acceptors (Lipinski definition) is 12. The van der Waals surface area contributed by atoms with Crippen molar-refractivity contribution in [3.8, 4) is 0 Å². The average Bonchev–Trinajstić information content (AvgIpc) is 2.51. The zero-order chi connectivity index (χ0) is 28.7. The Balaban J connectivity index is 4.04. The van der Waals surface area contributed by atoms with Crippen LogP contribution in [0, 0.1) is 0 Å². The van der Waals surface area contributed by atoms with Gasteiger partial charge in [0.2, 0.25) is 0 Å². The first-order valence-electron chi connectivity index (χ1n) is 8.01. The highest BCUT2D eigenvalue weighted by Gasteiger charge is 2.62. The van der Waals surface area contributed by atoms with Gasteiger partial charge in [-0.25, -0.2) is 27.4 Å². The number of hydrogen-bond donors (Lipinski definition) is 12. The topological polar surface area (TPSA) is 401 Å². The number of phosphoric acid groups is 6. The van der Waals surface area contributed by atoms with Gasteiger partial charge < -0.3 is 58.7 Å². The lowest BCUT2D eigenvalue weighted by atomic mass is 9.85. The summed E-state index contributed by atoms with van der Waals surface area (Å²) in [4.78, 5) is 110. The predicted molar refractivity (Wildman–Crippen MR) is 102 cm³/mol. The summed E-state index contributed by atoms with van der Waals surface area (Å²) in [6.45, 7) is 0. The first-order chi connectivity index (χ1) is 15.6. The van der Waals surface area contributed by atoms with Gasteiger partial charge in [0.15, 0.2) is 0 Å². The van der Waals surface area contributed by atoms with Crippen molar-refractivity contribution in [1.29, 1.82) is 0 Å². The van der Waals surface area contributed by atoms with Crippen molar-refractivity contribution in [3.63, 3.8) is 0 Å². The fourth-order valence-electron chi connectivity index (χ4n) is 2.79. The fourth-order valence-corrected chi connectivity index (χ4v) is 6.14. The standard InChI is InChI=1S/C6H18O24P6/c7-31(8,9)25-1-2(26-32(10,11)12)4(28-34(16,17)18)6(30-36(22,23)24)5(29-35(19,20)21)3(1)27-33(13,14)15/h1-6H,(H2,7,8,9)(H2,10,11,12)(H2,13,14,15)(H2,16,17,18)(H2,19,20,21)(H2,22,23,24)/t1-,2-,3+,4+,5-,6-. The molecule has 1 aliphatic carbocycles. The Morgan fingerprint density at radius 2 is 0.361 bits per heavy atom. The molecule has 0 radical (unpaired) electrons. The lowest BCUT2D eigenvalue weighted by molar-refractivity contribution is -0.202. The molecule has 0 aliphatic heterocycles. The lowest BCUT2D eigenvalue weighted by Gasteiger charge is -2.48. The molecule has 216 valence electrons. The van der Waals surface area contributed by atoms with Crippen LogP contribution >= 0.6 is 46.9 Å². The van der Waals surface area contributed by atoms with Crippen LogP contribution in [0.1, 0.15) is 0 Å². The van der Waals surface area contributed by atoms with Crippen LogP contribution in [0.15, 0.2) is 0 Å². The maximum Gasteiger partial charge on any atom is 0.470 e. The molecule has 0 atom stereocenters. The fraction of sp³-hybridized carbons (Fsp3) is 1.00. The van der Waals surface area contributed by atoms with Gasteiger partial charge in [0.05, 0.1) is 0 Å². The van der Waals surface area contributed by atoms with E-state index in [1.54, 1.807) is 0 Å². The first-order valence-corrected chi connectivity index (χ1v) is 17.2. The van der Waals surface area contributed by atoms with Crippen LogP contribution in [-0.4, -0.2) is 95.3 Å². The van der Waals surface area contributed by atoms with Gasteiger partial charge in [-0.05, 0) is 0 Å². The molecular weight excluding hydrogens is 642 g/mol. The van der Waals surface area contributed by atoms with Gasteiger partial charge in [-0.2, -0.15) is 0 Å².